The van der Waals surface area contributed by atoms with E-state index in [9.17, 15) is 0 Å². The molecule has 0 amide bonds. The van der Waals surface area contributed by atoms with Crippen molar-refractivity contribution in [3.63, 3.8) is 0 Å². The van der Waals surface area contributed by atoms with Crippen LogP contribution in [0.15, 0.2) is 4.99 Å². The molecule has 0 bridgehead atoms. The van der Waals surface area contributed by atoms with E-state index < -0.39 is 0 Å². The number of rotatable bonds is 3. The Morgan fingerprint density at radius 1 is 1.73 bits per heavy atom. The zero-order valence-corrected chi connectivity index (χ0v) is 7.05. The van der Waals surface area contributed by atoms with Gasteiger partial charge in [-0.15, -0.1) is 0 Å². The minimum atomic E-state index is 0.333. The molecular formula is C8H16N2O. The van der Waals surface area contributed by atoms with Gasteiger partial charge >= 0.3 is 0 Å². The topological polar surface area (TPSA) is 47.6 Å². The molecule has 0 aliphatic carbocycles. The van der Waals surface area contributed by atoms with Gasteiger partial charge < -0.3 is 10.5 Å². The van der Waals surface area contributed by atoms with Crippen molar-refractivity contribution in [2.45, 2.75) is 32.3 Å². The van der Waals surface area contributed by atoms with Crippen molar-refractivity contribution >= 4 is 5.84 Å². The first kappa shape index (κ1) is 8.53. The Bertz CT molecular complexity index is 139. The number of amidine groups is 1. The molecule has 0 radical (unpaired) electrons. The molecule has 64 valence electrons. The third-order valence-corrected chi connectivity index (χ3v) is 1.88. The molecule has 1 aliphatic heterocycles. The fourth-order valence-corrected chi connectivity index (χ4v) is 1.12. The Morgan fingerprint density at radius 3 is 3.09 bits per heavy atom. The number of nitrogens with two attached hydrogens (primary N) is 1. The third kappa shape index (κ3) is 2.89. The predicted octanol–water partition coefficient (Wildman–Crippen LogP) is 0.933. The predicted molar refractivity (Wildman–Crippen MR) is 45.8 cm³/mol. The molecule has 0 aromatic carbocycles. The first-order valence-corrected chi connectivity index (χ1v) is 4.23. The maximum absolute atomic E-state index is 5.55. The van der Waals surface area contributed by atoms with Gasteiger partial charge in [0.2, 0.25) is 0 Å². The molecule has 3 heteroatoms. The largest absolute Gasteiger partial charge is 0.387 e. The quantitative estimate of drug-likeness (QED) is 0.488. The second kappa shape index (κ2) is 4.34. The third-order valence-electron chi connectivity index (χ3n) is 1.88. The lowest BCUT2D eigenvalue weighted by Crippen LogP contribution is -2.15. The molecule has 2 N–H and O–H groups in total. The average molecular weight is 156 g/mol. The standard InChI is InChI=1S/C8H16N2O/c1-2-8(9)10-6-7-4-3-5-11-7/h7H,2-6H2,1H3,(H2,9,10). The SMILES string of the molecule is CCC(N)=NCC1CCCO1. The van der Waals surface area contributed by atoms with Gasteiger partial charge in [-0.1, -0.05) is 6.92 Å². The number of hydrogen-bond donors (Lipinski definition) is 1. The second-order valence-corrected chi connectivity index (χ2v) is 2.82. The van der Waals surface area contributed by atoms with Crippen LogP contribution in [0.5, 0.6) is 0 Å². The molecule has 1 rings (SSSR count). The van der Waals surface area contributed by atoms with Crippen LogP contribution in [0.4, 0.5) is 0 Å². The Labute approximate surface area is 67.6 Å². The fourth-order valence-electron chi connectivity index (χ4n) is 1.12. The van der Waals surface area contributed by atoms with E-state index in [4.69, 9.17) is 10.5 Å². The molecular weight excluding hydrogens is 140 g/mol. The molecule has 0 saturated carbocycles. The van der Waals surface area contributed by atoms with Crippen molar-refractivity contribution in [1.29, 1.82) is 0 Å². The normalized spacial score (nSPS) is 25.9. The summed E-state index contributed by atoms with van der Waals surface area (Å²) in [4.78, 5) is 4.19. The molecule has 1 aliphatic rings. The Hall–Kier alpha value is -0.570. The van der Waals surface area contributed by atoms with E-state index in [2.05, 4.69) is 4.99 Å². The van der Waals surface area contributed by atoms with Crippen molar-refractivity contribution in [1.82, 2.24) is 0 Å². The fraction of sp³-hybridized carbons (Fsp3) is 0.875. The van der Waals surface area contributed by atoms with Crippen molar-refractivity contribution in [2.75, 3.05) is 13.2 Å². The maximum atomic E-state index is 5.55. The van der Waals surface area contributed by atoms with Crippen LogP contribution in [0.25, 0.3) is 0 Å². The monoisotopic (exact) mass is 156 g/mol. The van der Waals surface area contributed by atoms with E-state index in [-0.39, 0.29) is 0 Å². The van der Waals surface area contributed by atoms with Gasteiger partial charge in [-0.05, 0) is 12.8 Å². The maximum Gasteiger partial charge on any atom is 0.0935 e. The number of ether oxygens (including phenoxy) is 1. The summed E-state index contributed by atoms with van der Waals surface area (Å²) in [5.74, 6) is 0.737. The minimum Gasteiger partial charge on any atom is -0.387 e. The lowest BCUT2D eigenvalue weighted by Gasteiger charge is -2.04. The zero-order chi connectivity index (χ0) is 8.10. The number of nitrogens with zero attached hydrogens (tertiary/aromatic N) is 1. The molecule has 1 atom stereocenters. The number of aliphatic imine (C=N–C) groups is 1. The van der Waals surface area contributed by atoms with Crippen LogP contribution in [0.2, 0.25) is 0 Å². The highest BCUT2D eigenvalue weighted by Crippen LogP contribution is 2.11. The molecule has 1 unspecified atom stereocenters. The van der Waals surface area contributed by atoms with Gasteiger partial charge in [-0.2, -0.15) is 0 Å². The molecule has 0 aromatic rings. The lowest BCUT2D eigenvalue weighted by molar-refractivity contribution is 0.118. The van der Waals surface area contributed by atoms with E-state index in [1.807, 2.05) is 6.92 Å². The Balaban J connectivity index is 2.19. The molecule has 0 aromatic heterocycles. The summed E-state index contributed by atoms with van der Waals surface area (Å²) in [5.41, 5.74) is 5.55. The molecule has 0 spiro atoms. The molecule has 1 fully saturated rings. The summed E-state index contributed by atoms with van der Waals surface area (Å²) in [7, 11) is 0. The first-order chi connectivity index (χ1) is 5.33. The molecule has 1 saturated heterocycles. The molecule has 11 heavy (non-hydrogen) atoms. The smallest absolute Gasteiger partial charge is 0.0935 e. The second-order valence-electron chi connectivity index (χ2n) is 2.82. The average Bonchev–Trinajstić information content (AvgIpc) is 2.52. The van der Waals surface area contributed by atoms with Crippen molar-refractivity contribution in [3.8, 4) is 0 Å². The Morgan fingerprint density at radius 2 is 2.55 bits per heavy atom. The van der Waals surface area contributed by atoms with Crippen molar-refractivity contribution in [3.05, 3.63) is 0 Å². The van der Waals surface area contributed by atoms with Gasteiger partial charge in [0.25, 0.3) is 0 Å². The van der Waals surface area contributed by atoms with E-state index in [1.165, 1.54) is 6.42 Å². The van der Waals surface area contributed by atoms with Gasteiger partial charge in [0, 0.05) is 13.0 Å². The van der Waals surface area contributed by atoms with Gasteiger partial charge in [0.1, 0.15) is 0 Å². The van der Waals surface area contributed by atoms with Gasteiger partial charge in [0.15, 0.2) is 0 Å². The summed E-state index contributed by atoms with van der Waals surface area (Å²) >= 11 is 0. The number of hydrogen-bond acceptors (Lipinski definition) is 2. The van der Waals surface area contributed by atoms with Crippen LogP contribution in [0, 0.1) is 0 Å². The highest BCUT2D eigenvalue weighted by molar-refractivity contribution is 5.79. The zero-order valence-electron chi connectivity index (χ0n) is 7.05. The van der Waals surface area contributed by atoms with E-state index >= 15 is 0 Å². The van der Waals surface area contributed by atoms with Crippen LogP contribution in [-0.4, -0.2) is 25.1 Å². The lowest BCUT2D eigenvalue weighted by atomic mass is 10.2. The summed E-state index contributed by atoms with van der Waals surface area (Å²) in [6, 6.07) is 0. The molecule has 3 nitrogen and oxygen atoms in total. The van der Waals surface area contributed by atoms with E-state index in [0.29, 0.717) is 6.10 Å². The highest BCUT2D eigenvalue weighted by Gasteiger charge is 2.14. The minimum absolute atomic E-state index is 0.333. The van der Waals surface area contributed by atoms with Gasteiger partial charge in [0.05, 0.1) is 18.5 Å². The van der Waals surface area contributed by atoms with Crippen LogP contribution in [0.3, 0.4) is 0 Å². The van der Waals surface area contributed by atoms with Crippen molar-refractivity contribution < 1.29 is 4.74 Å². The van der Waals surface area contributed by atoms with E-state index in [0.717, 1.165) is 31.8 Å². The van der Waals surface area contributed by atoms with Crippen LogP contribution in [0.1, 0.15) is 26.2 Å². The van der Waals surface area contributed by atoms with Crippen LogP contribution in [-0.2, 0) is 4.74 Å². The summed E-state index contributed by atoms with van der Waals surface area (Å²) in [6.45, 7) is 3.65. The van der Waals surface area contributed by atoms with E-state index in [1.54, 1.807) is 0 Å². The van der Waals surface area contributed by atoms with Crippen LogP contribution < -0.4 is 5.73 Å². The van der Waals surface area contributed by atoms with Crippen LogP contribution >= 0.6 is 0 Å². The Kier molecular flexibility index (Phi) is 3.36. The summed E-state index contributed by atoms with van der Waals surface area (Å²) in [6.07, 6.45) is 3.49. The molecule has 1 heterocycles. The summed E-state index contributed by atoms with van der Waals surface area (Å²) < 4.78 is 5.39. The van der Waals surface area contributed by atoms with Gasteiger partial charge in [-0.3, -0.25) is 4.99 Å². The van der Waals surface area contributed by atoms with Gasteiger partial charge in [-0.25, -0.2) is 0 Å². The summed E-state index contributed by atoms with van der Waals surface area (Å²) in [5, 5.41) is 0. The first-order valence-electron chi connectivity index (χ1n) is 4.23. The van der Waals surface area contributed by atoms with Crippen molar-refractivity contribution in [2.24, 2.45) is 10.7 Å². The highest BCUT2D eigenvalue weighted by atomic mass is 16.5.